The van der Waals surface area contributed by atoms with E-state index in [0.29, 0.717) is 11.5 Å². The van der Waals surface area contributed by atoms with Gasteiger partial charge >= 0.3 is 5.97 Å². The summed E-state index contributed by atoms with van der Waals surface area (Å²) < 4.78 is 0. The Morgan fingerprint density at radius 1 is 1.33 bits per heavy atom. The number of hydroxylamine groups is 2. The molecule has 1 aliphatic heterocycles. The average Bonchev–Trinajstić information content (AvgIpc) is 2.46. The maximum atomic E-state index is 11.2. The van der Waals surface area contributed by atoms with Gasteiger partial charge in [0.15, 0.2) is 0 Å². The summed E-state index contributed by atoms with van der Waals surface area (Å²) in [6.07, 6.45) is 0.862. The zero-order chi connectivity index (χ0) is 11.4. The molecule has 1 rings (SSSR count). The molecule has 0 aromatic heterocycles. The molecule has 2 amide bonds. The van der Waals surface area contributed by atoms with Crippen LogP contribution >= 0.6 is 0 Å². The second-order valence-electron chi connectivity index (χ2n) is 3.50. The van der Waals surface area contributed by atoms with E-state index in [9.17, 15) is 14.4 Å². The molecule has 0 N–H and O–H groups in total. The Morgan fingerprint density at radius 3 is 2.33 bits per heavy atom. The molecule has 0 bridgehead atoms. The molecular weight excluding hydrogens is 198 g/mol. The number of carbonyl (C=O) groups excluding carboxylic acids is 3. The zero-order valence-corrected chi connectivity index (χ0v) is 8.62. The lowest BCUT2D eigenvalue weighted by Gasteiger charge is -2.12. The Labute approximate surface area is 87.6 Å². The van der Waals surface area contributed by atoms with Crippen molar-refractivity contribution in [2.24, 2.45) is 0 Å². The summed E-state index contributed by atoms with van der Waals surface area (Å²) in [5.74, 6) is -1.49. The standard InChI is InChI=1S/C10H13NO4/c1-7(2)3-6-10(14)15-11-8(12)4-5-9(11)13/h1,3-6H2,2H3. The van der Waals surface area contributed by atoms with Crippen LogP contribution in [0, 0.1) is 0 Å². The summed E-state index contributed by atoms with van der Waals surface area (Å²) >= 11 is 0. The maximum absolute atomic E-state index is 11.2. The average molecular weight is 211 g/mol. The number of hydrogen-bond acceptors (Lipinski definition) is 4. The number of amides is 2. The maximum Gasteiger partial charge on any atom is 0.333 e. The number of rotatable bonds is 4. The minimum Gasteiger partial charge on any atom is -0.330 e. The van der Waals surface area contributed by atoms with Crippen LogP contribution in [0.5, 0.6) is 0 Å². The van der Waals surface area contributed by atoms with Crippen molar-refractivity contribution in [3.63, 3.8) is 0 Å². The van der Waals surface area contributed by atoms with Crippen molar-refractivity contribution in [3.8, 4) is 0 Å². The van der Waals surface area contributed by atoms with Crippen LogP contribution in [-0.4, -0.2) is 22.8 Å². The van der Waals surface area contributed by atoms with E-state index in [2.05, 4.69) is 11.4 Å². The SMILES string of the molecule is C=C(C)CCC(=O)ON1C(=O)CCC1=O. The third-order valence-electron chi connectivity index (χ3n) is 1.95. The van der Waals surface area contributed by atoms with Crippen molar-refractivity contribution >= 4 is 17.8 Å². The highest BCUT2D eigenvalue weighted by atomic mass is 16.7. The lowest BCUT2D eigenvalue weighted by molar-refractivity contribution is -0.197. The third-order valence-corrected chi connectivity index (χ3v) is 1.95. The fourth-order valence-corrected chi connectivity index (χ4v) is 1.12. The van der Waals surface area contributed by atoms with Crippen molar-refractivity contribution in [1.29, 1.82) is 0 Å². The van der Waals surface area contributed by atoms with Gasteiger partial charge in [-0.05, 0) is 13.3 Å². The monoisotopic (exact) mass is 211 g/mol. The molecule has 1 saturated heterocycles. The Morgan fingerprint density at radius 2 is 1.87 bits per heavy atom. The van der Waals surface area contributed by atoms with Gasteiger partial charge < -0.3 is 4.84 Å². The first kappa shape index (κ1) is 11.4. The number of hydrogen-bond donors (Lipinski definition) is 0. The van der Waals surface area contributed by atoms with Gasteiger partial charge in [-0.25, -0.2) is 4.79 Å². The van der Waals surface area contributed by atoms with Crippen LogP contribution in [0.15, 0.2) is 12.2 Å². The first-order chi connectivity index (χ1) is 7.00. The highest BCUT2D eigenvalue weighted by molar-refractivity contribution is 6.01. The van der Waals surface area contributed by atoms with Crippen molar-refractivity contribution in [2.45, 2.75) is 32.6 Å². The second-order valence-corrected chi connectivity index (χ2v) is 3.50. The van der Waals surface area contributed by atoms with Crippen LogP contribution in [0.25, 0.3) is 0 Å². The highest BCUT2D eigenvalue weighted by Gasteiger charge is 2.32. The topological polar surface area (TPSA) is 63.7 Å². The summed E-state index contributed by atoms with van der Waals surface area (Å²) in [5.41, 5.74) is 0.853. The van der Waals surface area contributed by atoms with E-state index in [-0.39, 0.29) is 19.3 Å². The van der Waals surface area contributed by atoms with Gasteiger partial charge in [0.25, 0.3) is 11.8 Å². The summed E-state index contributed by atoms with van der Waals surface area (Å²) in [7, 11) is 0. The molecule has 5 heteroatoms. The molecule has 82 valence electrons. The largest absolute Gasteiger partial charge is 0.333 e. The lowest BCUT2D eigenvalue weighted by Crippen LogP contribution is -2.31. The predicted molar refractivity (Wildman–Crippen MR) is 51.2 cm³/mol. The molecule has 0 spiro atoms. The van der Waals surface area contributed by atoms with Gasteiger partial charge in [0.2, 0.25) is 0 Å². The van der Waals surface area contributed by atoms with E-state index >= 15 is 0 Å². The van der Waals surface area contributed by atoms with E-state index < -0.39 is 17.8 Å². The van der Waals surface area contributed by atoms with Crippen molar-refractivity contribution < 1.29 is 19.2 Å². The van der Waals surface area contributed by atoms with Gasteiger partial charge in [-0.1, -0.05) is 5.57 Å². The molecule has 0 aromatic rings. The van der Waals surface area contributed by atoms with E-state index in [0.717, 1.165) is 5.57 Å². The molecule has 0 atom stereocenters. The summed E-state index contributed by atoms with van der Waals surface area (Å²) in [6, 6.07) is 0. The molecule has 1 aliphatic rings. The van der Waals surface area contributed by atoms with Crippen LogP contribution in [-0.2, 0) is 19.2 Å². The zero-order valence-electron chi connectivity index (χ0n) is 8.62. The van der Waals surface area contributed by atoms with Crippen molar-refractivity contribution in [1.82, 2.24) is 5.06 Å². The Balaban J connectivity index is 2.40. The second kappa shape index (κ2) is 4.72. The van der Waals surface area contributed by atoms with Gasteiger partial charge in [-0.15, -0.1) is 11.6 Å². The molecular formula is C10H13NO4. The highest BCUT2D eigenvalue weighted by Crippen LogP contribution is 2.13. The molecule has 0 saturated carbocycles. The van der Waals surface area contributed by atoms with Crippen molar-refractivity contribution in [3.05, 3.63) is 12.2 Å². The quantitative estimate of drug-likeness (QED) is 0.513. The Hall–Kier alpha value is -1.65. The molecule has 15 heavy (non-hydrogen) atoms. The van der Waals surface area contributed by atoms with Crippen molar-refractivity contribution in [2.75, 3.05) is 0 Å². The normalized spacial score (nSPS) is 15.7. The minimum absolute atomic E-state index is 0.118. The van der Waals surface area contributed by atoms with Crippen LogP contribution in [0.3, 0.4) is 0 Å². The van der Waals surface area contributed by atoms with E-state index in [1.807, 2.05) is 0 Å². The van der Waals surface area contributed by atoms with Gasteiger partial charge in [-0.2, -0.15) is 0 Å². The molecule has 0 unspecified atom stereocenters. The molecule has 0 radical (unpaired) electrons. The predicted octanol–water partition coefficient (Wildman–Crippen LogP) is 0.950. The number of allylic oxidation sites excluding steroid dienone is 1. The smallest absolute Gasteiger partial charge is 0.330 e. The molecule has 0 aromatic carbocycles. The van der Waals surface area contributed by atoms with Crippen LogP contribution < -0.4 is 0 Å². The molecule has 1 fully saturated rings. The summed E-state index contributed by atoms with van der Waals surface area (Å²) in [6.45, 7) is 5.42. The minimum atomic E-state index is -0.582. The third kappa shape index (κ3) is 3.19. The van der Waals surface area contributed by atoms with Gasteiger partial charge in [0.1, 0.15) is 0 Å². The summed E-state index contributed by atoms with van der Waals surface area (Å²) in [4.78, 5) is 38.0. The molecule has 0 aliphatic carbocycles. The van der Waals surface area contributed by atoms with Gasteiger partial charge in [0.05, 0.1) is 6.42 Å². The van der Waals surface area contributed by atoms with Crippen LogP contribution in [0.4, 0.5) is 0 Å². The van der Waals surface area contributed by atoms with Gasteiger partial charge in [0, 0.05) is 12.8 Å². The Kier molecular flexibility index (Phi) is 3.60. The molecule has 1 heterocycles. The summed E-state index contributed by atoms with van der Waals surface area (Å²) in [5, 5.41) is 0.556. The fraction of sp³-hybridized carbons (Fsp3) is 0.500. The first-order valence-corrected chi connectivity index (χ1v) is 4.71. The number of carbonyl (C=O) groups is 3. The number of nitrogens with zero attached hydrogens (tertiary/aromatic N) is 1. The fourth-order valence-electron chi connectivity index (χ4n) is 1.12. The van der Waals surface area contributed by atoms with E-state index in [1.165, 1.54) is 0 Å². The molecule has 5 nitrogen and oxygen atoms in total. The van der Waals surface area contributed by atoms with Crippen LogP contribution in [0.1, 0.15) is 32.6 Å². The van der Waals surface area contributed by atoms with E-state index in [4.69, 9.17) is 0 Å². The number of imide groups is 1. The van der Waals surface area contributed by atoms with Crippen LogP contribution in [0.2, 0.25) is 0 Å². The van der Waals surface area contributed by atoms with E-state index in [1.54, 1.807) is 6.92 Å². The Bertz CT molecular complexity index is 305. The first-order valence-electron chi connectivity index (χ1n) is 4.71. The lowest BCUT2D eigenvalue weighted by atomic mass is 10.2. The van der Waals surface area contributed by atoms with Gasteiger partial charge in [-0.3, -0.25) is 9.59 Å².